The summed E-state index contributed by atoms with van der Waals surface area (Å²) < 4.78 is 4.69. The summed E-state index contributed by atoms with van der Waals surface area (Å²) in [6.07, 6.45) is 0. The van der Waals surface area contributed by atoms with Gasteiger partial charge in [0.1, 0.15) is 0 Å². The van der Waals surface area contributed by atoms with E-state index in [0.29, 0.717) is 29.4 Å². The van der Waals surface area contributed by atoms with Gasteiger partial charge in [-0.3, -0.25) is 4.90 Å². The molecule has 0 aliphatic carbocycles. The number of carbonyl (C=O) groups is 2. The maximum absolute atomic E-state index is 12.5. The van der Waals surface area contributed by atoms with Crippen LogP contribution >= 0.6 is 11.6 Å². The molecule has 0 unspecified atom stereocenters. The van der Waals surface area contributed by atoms with Crippen LogP contribution in [0, 0.1) is 0 Å². The van der Waals surface area contributed by atoms with Crippen molar-refractivity contribution in [2.45, 2.75) is 0 Å². The number of piperazine rings is 1. The van der Waals surface area contributed by atoms with Crippen LogP contribution in [0.2, 0.25) is 5.02 Å². The Hall–Kier alpha value is -1.83. The molecule has 1 aliphatic rings. The Morgan fingerprint density at radius 1 is 1.24 bits per heavy atom. The molecule has 1 aliphatic heterocycles. The minimum Gasteiger partial charge on any atom is -0.465 e. The van der Waals surface area contributed by atoms with E-state index in [2.05, 4.69) is 33.9 Å². The van der Waals surface area contributed by atoms with Crippen molar-refractivity contribution in [2.24, 2.45) is 0 Å². The van der Waals surface area contributed by atoms with Gasteiger partial charge in [0.15, 0.2) is 0 Å². The molecular formula is C17H25ClN4O3. The van der Waals surface area contributed by atoms with Crippen LogP contribution < -0.4 is 5.32 Å². The predicted molar refractivity (Wildman–Crippen MR) is 98.4 cm³/mol. The van der Waals surface area contributed by atoms with Crippen LogP contribution in [0.15, 0.2) is 18.2 Å². The summed E-state index contributed by atoms with van der Waals surface area (Å²) in [4.78, 5) is 30.3. The first kappa shape index (κ1) is 19.5. The van der Waals surface area contributed by atoms with E-state index < -0.39 is 5.97 Å². The van der Waals surface area contributed by atoms with Crippen LogP contribution in [-0.2, 0) is 4.74 Å². The van der Waals surface area contributed by atoms with Crippen LogP contribution in [0.25, 0.3) is 0 Å². The standard InChI is InChI=1S/C17H25ClN4O3/c1-20(2)6-7-21-8-10-22(11-9-21)17(24)19-15-12-13(16(23)25-3)4-5-14(15)18/h4-5,12H,6-11H2,1-3H3,(H,19,24). The lowest BCUT2D eigenvalue weighted by Crippen LogP contribution is -2.51. The lowest BCUT2D eigenvalue weighted by molar-refractivity contribution is 0.0600. The average molecular weight is 369 g/mol. The molecule has 1 fully saturated rings. The second-order valence-corrected chi connectivity index (χ2v) is 6.66. The topological polar surface area (TPSA) is 65.1 Å². The van der Waals surface area contributed by atoms with E-state index in [0.717, 1.165) is 26.2 Å². The molecule has 0 spiro atoms. The normalized spacial score (nSPS) is 15.3. The van der Waals surface area contributed by atoms with Gasteiger partial charge in [-0.25, -0.2) is 9.59 Å². The maximum atomic E-state index is 12.5. The van der Waals surface area contributed by atoms with Crippen molar-refractivity contribution in [3.63, 3.8) is 0 Å². The number of nitrogens with one attached hydrogen (secondary N) is 1. The zero-order valence-electron chi connectivity index (χ0n) is 14.9. The number of hydrogen-bond donors (Lipinski definition) is 1. The molecule has 1 heterocycles. The van der Waals surface area contributed by atoms with Gasteiger partial charge >= 0.3 is 12.0 Å². The predicted octanol–water partition coefficient (Wildman–Crippen LogP) is 1.84. The van der Waals surface area contributed by atoms with Gasteiger partial charge in [0.05, 0.1) is 23.4 Å². The van der Waals surface area contributed by atoms with Gasteiger partial charge in [0.2, 0.25) is 0 Å². The Morgan fingerprint density at radius 2 is 1.92 bits per heavy atom. The summed E-state index contributed by atoms with van der Waals surface area (Å²) in [6.45, 7) is 5.01. The number of benzene rings is 1. The highest BCUT2D eigenvalue weighted by molar-refractivity contribution is 6.33. The lowest BCUT2D eigenvalue weighted by atomic mass is 10.2. The number of ether oxygens (including phenoxy) is 1. The molecule has 0 atom stereocenters. The molecule has 0 aromatic heterocycles. The number of hydrogen-bond acceptors (Lipinski definition) is 5. The number of methoxy groups -OCH3 is 1. The van der Waals surface area contributed by atoms with Crippen LogP contribution in [-0.4, -0.2) is 87.2 Å². The Balaban J connectivity index is 1.91. The number of halogens is 1. The minimum atomic E-state index is -0.471. The summed E-state index contributed by atoms with van der Waals surface area (Å²) in [5.41, 5.74) is 0.750. The number of esters is 1. The molecule has 1 saturated heterocycles. The summed E-state index contributed by atoms with van der Waals surface area (Å²) >= 11 is 6.12. The summed E-state index contributed by atoms with van der Waals surface area (Å²) in [5, 5.41) is 3.17. The minimum absolute atomic E-state index is 0.212. The fourth-order valence-corrected chi connectivity index (χ4v) is 2.74. The third-order valence-electron chi connectivity index (χ3n) is 4.15. The monoisotopic (exact) mass is 368 g/mol. The van der Waals surface area contributed by atoms with Crippen molar-refractivity contribution >= 4 is 29.3 Å². The quantitative estimate of drug-likeness (QED) is 0.803. The van der Waals surface area contributed by atoms with E-state index in [1.165, 1.54) is 13.2 Å². The average Bonchev–Trinajstić information content (AvgIpc) is 2.61. The molecule has 2 amide bonds. The van der Waals surface area contributed by atoms with Gasteiger partial charge in [0.25, 0.3) is 0 Å². The third-order valence-corrected chi connectivity index (χ3v) is 4.48. The number of urea groups is 1. The van der Waals surface area contributed by atoms with Gasteiger partial charge in [-0.1, -0.05) is 11.6 Å². The first-order valence-corrected chi connectivity index (χ1v) is 8.59. The second-order valence-electron chi connectivity index (χ2n) is 6.25. The number of likely N-dealkylation sites (N-methyl/N-ethyl adjacent to an activating group) is 1. The van der Waals surface area contributed by atoms with Crippen molar-refractivity contribution in [3.05, 3.63) is 28.8 Å². The smallest absolute Gasteiger partial charge is 0.337 e. The first-order chi connectivity index (χ1) is 11.9. The van der Waals surface area contributed by atoms with E-state index in [-0.39, 0.29) is 6.03 Å². The van der Waals surface area contributed by atoms with E-state index >= 15 is 0 Å². The van der Waals surface area contributed by atoms with Crippen LogP contribution in [0.1, 0.15) is 10.4 Å². The molecule has 1 aromatic rings. The van der Waals surface area contributed by atoms with E-state index in [4.69, 9.17) is 11.6 Å². The number of anilines is 1. The Bertz CT molecular complexity index is 616. The molecular weight excluding hydrogens is 344 g/mol. The van der Waals surface area contributed by atoms with Gasteiger partial charge < -0.3 is 19.9 Å². The Morgan fingerprint density at radius 3 is 2.52 bits per heavy atom. The van der Waals surface area contributed by atoms with E-state index in [1.807, 2.05) is 0 Å². The highest BCUT2D eigenvalue weighted by atomic mass is 35.5. The molecule has 1 N–H and O–H groups in total. The molecule has 7 nitrogen and oxygen atoms in total. The molecule has 0 radical (unpaired) electrons. The molecule has 0 bridgehead atoms. The zero-order valence-corrected chi connectivity index (χ0v) is 15.7. The maximum Gasteiger partial charge on any atom is 0.337 e. The first-order valence-electron chi connectivity index (χ1n) is 8.21. The van der Waals surface area contributed by atoms with Gasteiger partial charge in [-0.2, -0.15) is 0 Å². The van der Waals surface area contributed by atoms with Gasteiger partial charge in [0, 0.05) is 39.3 Å². The number of amides is 2. The third kappa shape index (κ3) is 5.59. The molecule has 138 valence electrons. The van der Waals surface area contributed by atoms with Crippen molar-refractivity contribution in [2.75, 3.05) is 65.8 Å². The number of nitrogens with zero attached hydrogens (tertiary/aromatic N) is 3. The second kappa shape index (κ2) is 9.03. The van der Waals surface area contributed by atoms with Crippen molar-refractivity contribution < 1.29 is 14.3 Å². The van der Waals surface area contributed by atoms with E-state index in [9.17, 15) is 9.59 Å². The molecule has 25 heavy (non-hydrogen) atoms. The summed E-state index contributed by atoms with van der Waals surface area (Å²) in [7, 11) is 5.41. The van der Waals surface area contributed by atoms with Crippen molar-refractivity contribution in [3.8, 4) is 0 Å². The van der Waals surface area contributed by atoms with Gasteiger partial charge in [-0.05, 0) is 32.3 Å². The van der Waals surface area contributed by atoms with Crippen LogP contribution in [0.3, 0.4) is 0 Å². The van der Waals surface area contributed by atoms with Crippen LogP contribution in [0.4, 0.5) is 10.5 Å². The summed E-state index contributed by atoms with van der Waals surface area (Å²) in [6, 6.07) is 4.45. The largest absolute Gasteiger partial charge is 0.465 e. The van der Waals surface area contributed by atoms with Crippen molar-refractivity contribution in [1.29, 1.82) is 0 Å². The fourth-order valence-electron chi connectivity index (χ4n) is 2.58. The Kier molecular flexibility index (Phi) is 7.04. The lowest BCUT2D eigenvalue weighted by Gasteiger charge is -2.35. The molecule has 1 aromatic carbocycles. The molecule has 0 saturated carbocycles. The van der Waals surface area contributed by atoms with Crippen LogP contribution in [0.5, 0.6) is 0 Å². The fraction of sp³-hybridized carbons (Fsp3) is 0.529. The zero-order chi connectivity index (χ0) is 18.4. The van der Waals surface area contributed by atoms with E-state index in [1.54, 1.807) is 17.0 Å². The van der Waals surface area contributed by atoms with Gasteiger partial charge in [-0.15, -0.1) is 0 Å². The number of carbonyl (C=O) groups excluding carboxylic acids is 2. The Labute approximate surface area is 153 Å². The molecule has 8 heteroatoms. The molecule has 2 rings (SSSR count). The number of rotatable bonds is 5. The highest BCUT2D eigenvalue weighted by Crippen LogP contribution is 2.24. The van der Waals surface area contributed by atoms with Crippen molar-refractivity contribution in [1.82, 2.24) is 14.7 Å². The summed E-state index contributed by atoms with van der Waals surface area (Å²) in [5.74, 6) is -0.471. The SMILES string of the molecule is COC(=O)c1ccc(Cl)c(NC(=O)N2CCN(CCN(C)C)CC2)c1. The highest BCUT2D eigenvalue weighted by Gasteiger charge is 2.22.